The zero-order chi connectivity index (χ0) is 13.2. The normalized spacial score (nSPS) is 25.8. The first-order valence-electron chi connectivity index (χ1n) is 6.14. The lowest BCUT2D eigenvalue weighted by molar-refractivity contribution is -0.138. The van der Waals surface area contributed by atoms with Crippen LogP contribution in [0.25, 0.3) is 0 Å². The van der Waals surface area contributed by atoms with Crippen molar-refractivity contribution >= 4 is 16.5 Å². The van der Waals surface area contributed by atoms with E-state index >= 15 is 0 Å². The molecule has 1 N–H and O–H groups in total. The van der Waals surface area contributed by atoms with Crippen LogP contribution in [0.15, 0.2) is 0 Å². The van der Waals surface area contributed by atoms with Gasteiger partial charge < -0.3 is 5.32 Å². The largest absolute Gasteiger partial charge is 0.445 e. The topological polar surface area (TPSA) is 37.8 Å². The third-order valence-corrected chi connectivity index (χ3v) is 4.24. The molecular formula is C11H16F3N3S. The third-order valence-electron chi connectivity index (χ3n) is 3.34. The molecule has 1 aliphatic carbocycles. The lowest BCUT2D eigenvalue weighted by atomic mass is 9.97. The molecule has 1 saturated carbocycles. The minimum absolute atomic E-state index is 0.210. The summed E-state index contributed by atoms with van der Waals surface area (Å²) >= 11 is 0.584. The molecule has 2 rings (SSSR count). The Morgan fingerprint density at radius 3 is 2.56 bits per heavy atom. The number of rotatable bonds is 2. The fraction of sp³-hybridized carbons (Fsp3) is 0.818. The highest BCUT2D eigenvalue weighted by atomic mass is 32.1. The third kappa shape index (κ3) is 3.34. The lowest BCUT2D eigenvalue weighted by Crippen LogP contribution is -2.26. The number of anilines is 1. The Morgan fingerprint density at radius 2 is 1.89 bits per heavy atom. The van der Waals surface area contributed by atoms with Gasteiger partial charge in [-0.1, -0.05) is 37.5 Å². The minimum atomic E-state index is -4.40. The van der Waals surface area contributed by atoms with Crippen LogP contribution in [0.3, 0.4) is 0 Å². The Labute approximate surface area is 108 Å². The Balaban J connectivity index is 2.02. The summed E-state index contributed by atoms with van der Waals surface area (Å²) in [6, 6.07) is 0.210. The molecule has 0 radical (unpaired) electrons. The quantitative estimate of drug-likeness (QED) is 0.833. The van der Waals surface area contributed by atoms with E-state index in [-0.39, 0.29) is 11.2 Å². The van der Waals surface area contributed by atoms with Crippen molar-refractivity contribution in [2.24, 2.45) is 5.92 Å². The Morgan fingerprint density at radius 1 is 1.17 bits per heavy atom. The molecule has 0 saturated heterocycles. The zero-order valence-electron chi connectivity index (χ0n) is 10.1. The second-order valence-electron chi connectivity index (χ2n) is 4.78. The van der Waals surface area contributed by atoms with Crippen molar-refractivity contribution in [3.05, 3.63) is 5.01 Å². The van der Waals surface area contributed by atoms with Crippen molar-refractivity contribution in [1.82, 2.24) is 10.2 Å². The number of nitrogens with zero attached hydrogens (tertiary/aromatic N) is 2. The Bertz CT molecular complexity index is 391. The van der Waals surface area contributed by atoms with Crippen molar-refractivity contribution in [2.45, 2.75) is 51.2 Å². The fourth-order valence-electron chi connectivity index (χ4n) is 2.26. The molecule has 2 atom stereocenters. The van der Waals surface area contributed by atoms with Crippen LogP contribution >= 0.6 is 11.3 Å². The van der Waals surface area contributed by atoms with Crippen LogP contribution in [0.5, 0.6) is 0 Å². The highest BCUT2D eigenvalue weighted by Crippen LogP contribution is 2.34. The maximum absolute atomic E-state index is 12.4. The maximum atomic E-state index is 12.4. The first-order chi connectivity index (χ1) is 8.47. The van der Waals surface area contributed by atoms with Gasteiger partial charge in [-0.3, -0.25) is 0 Å². The van der Waals surface area contributed by atoms with Crippen molar-refractivity contribution in [1.29, 1.82) is 0 Å². The molecule has 0 spiro atoms. The second kappa shape index (κ2) is 5.42. The van der Waals surface area contributed by atoms with Crippen LogP contribution in [-0.4, -0.2) is 16.2 Å². The van der Waals surface area contributed by atoms with Crippen LogP contribution in [0.1, 0.15) is 44.0 Å². The summed E-state index contributed by atoms with van der Waals surface area (Å²) in [7, 11) is 0. The van der Waals surface area contributed by atoms with Crippen LogP contribution in [0.4, 0.5) is 18.3 Å². The molecule has 18 heavy (non-hydrogen) atoms. The van der Waals surface area contributed by atoms with Crippen molar-refractivity contribution < 1.29 is 13.2 Å². The predicted octanol–water partition coefficient (Wildman–Crippen LogP) is 3.94. The number of halogens is 3. The summed E-state index contributed by atoms with van der Waals surface area (Å²) in [5.41, 5.74) is 0. The maximum Gasteiger partial charge on any atom is 0.445 e. The standard InChI is InChI=1S/C11H16F3N3S/c1-7-5-3-2-4-6-8(7)15-10-17-16-9(18-10)11(12,13)14/h7-8H,2-6H2,1H3,(H,15,17). The lowest BCUT2D eigenvalue weighted by Gasteiger charge is -2.21. The van der Waals surface area contributed by atoms with E-state index in [2.05, 4.69) is 22.4 Å². The summed E-state index contributed by atoms with van der Waals surface area (Å²) in [4.78, 5) is 0. The summed E-state index contributed by atoms with van der Waals surface area (Å²) in [5.74, 6) is 0.464. The average molecular weight is 279 g/mol. The van der Waals surface area contributed by atoms with E-state index in [0.717, 1.165) is 19.3 Å². The van der Waals surface area contributed by atoms with Crippen LogP contribution in [-0.2, 0) is 6.18 Å². The molecular weight excluding hydrogens is 263 g/mol. The first kappa shape index (κ1) is 13.6. The van der Waals surface area contributed by atoms with Gasteiger partial charge in [0.2, 0.25) is 10.1 Å². The highest BCUT2D eigenvalue weighted by molar-refractivity contribution is 7.15. The van der Waals surface area contributed by atoms with Gasteiger partial charge in [-0.25, -0.2) is 0 Å². The van der Waals surface area contributed by atoms with E-state index in [9.17, 15) is 13.2 Å². The fourth-order valence-corrected chi connectivity index (χ4v) is 2.93. The average Bonchev–Trinajstić information content (AvgIpc) is 2.66. The molecule has 7 heteroatoms. The molecule has 0 bridgehead atoms. The van der Waals surface area contributed by atoms with Crippen molar-refractivity contribution in [3.8, 4) is 0 Å². The molecule has 1 aromatic heterocycles. The van der Waals surface area contributed by atoms with Gasteiger partial charge in [0.15, 0.2) is 0 Å². The van der Waals surface area contributed by atoms with Gasteiger partial charge in [0.1, 0.15) is 0 Å². The van der Waals surface area contributed by atoms with E-state index < -0.39 is 11.2 Å². The molecule has 1 heterocycles. The zero-order valence-corrected chi connectivity index (χ0v) is 10.9. The van der Waals surface area contributed by atoms with E-state index in [1.165, 1.54) is 12.8 Å². The van der Waals surface area contributed by atoms with E-state index in [0.29, 0.717) is 17.3 Å². The van der Waals surface area contributed by atoms with Crippen LogP contribution in [0.2, 0.25) is 0 Å². The van der Waals surface area contributed by atoms with Crippen molar-refractivity contribution in [2.75, 3.05) is 5.32 Å². The van der Waals surface area contributed by atoms with Gasteiger partial charge in [-0.2, -0.15) is 13.2 Å². The van der Waals surface area contributed by atoms with Gasteiger partial charge in [0, 0.05) is 6.04 Å². The monoisotopic (exact) mass is 279 g/mol. The first-order valence-corrected chi connectivity index (χ1v) is 6.95. The molecule has 102 valence electrons. The van der Waals surface area contributed by atoms with Crippen molar-refractivity contribution in [3.63, 3.8) is 0 Å². The molecule has 1 aromatic rings. The van der Waals surface area contributed by atoms with Gasteiger partial charge in [-0.05, 0) is 18.8 Å². The van der Waals surface area contributed by atoms with E-state index in [1.807, 2.05) is 0 Å². The van der Waals surface area contributed by atoms with Crippen LogP contribution < -0.4 is 5.32 Å². The smallest absolute Gasteiger partial charge is 0.357 e. The molecule has 0 aliphatic heterocycles. The molecule has 0 amide bonds. The highest BCUT2D eigenvalue weighted by Gasteiger charge is 2.36. The molecule has 2 unspecified atom stereocenters. The van der Waals surface area contributed by atoms with E-state index in [4.69, 9.17) is 0 Å². The van der Waals surface area contributed by atoms with E-state index in [1.54, 1.807) is 0 Å². The Hall–Kier alpha value is -0.850. The number of aromatic nitrogens is 2. The van der Waals surface area contributed by atoms with Gasteiger partial charge in [-0.15, -0.1) is 10.2 Å². The number of hydrogen-bond donors (Lipinski definition) is 1. The predicted molar refractivity (Wildman–Crippen MR) is 64.6 cm³/mol. The van der Waals surface area contributed by atoms with Gasteiger partial charge in [0.05, 0.1) is 0 Å². The Kier molecular flexibility index (Phi) is 4.09. The molecule has 1 aliphatic rings. The summed E-state index contributed by atoms with van der Waals surface area (Å²) < 4.78 is 37.2. The molecule has 1 fully saturated rings. The van der Waals surface area contributed by atoms with Crippen LogP contribution in [0, 0.1) is 5.92 Å². The second-order valence-corrected chi connectivity index (χ2v) is 5.75. The minimum Gasteiger partial charge on any atom is -0.357 e. The summed E-state index contributed by atoms with van der Waals surface area (Å²) in [6.45, 7) is 2.13. The number of alkyl halides is 3. The number of hydrogen-bond acceptors (Lipinski definition) is 4. The molecule has 3 nitrogen and oxygen atoms in total. The van der Waals surface area contributed by atoms with Gasteiger partial charge in [0.25, 0.3) is 0 Å². The summed E-state index contributed by atoms with van der Waals surface area (Å²) in [5, 5.41) is 9.27. The van der Waals surface area contributed by atoms with Gasteiger partial charge >= 0.3 is 6.18 Å². The number of nitrogens with one attached hydrogen (secondary N) is 1. The SMILES string of the molecule is CC1CCCCCC1Nc1nnc(C(F)(F)F)s1. The summed E-state index contributed by atoms with van der Waals surface area (Å²) in [6.07, 6.45) is 1.22. The molecule has 0 aromatic carbocycles.